The van der Waals surface area contributed by atoms with Crippen LogP contribution in [0, 0.1) is 5.92 Å². The number of hydrogen-bond donors (Lipinski definition) is 1. The first-order chi connectivity index (χ1) is 8.15. The van der Waals surface area contributed by atoms with Gasteiger partial charge in [-0.1, -0.05) is 25.2 Å². The van der Waals surface area contributed by atoms with E-state index in [2.05, 4.69) is 55.3 Å². The van der Waals surface area contributed by atoms with Crippen LogP contribution in [0.4, 0.5) is 0 Å². The third-order valence-corrected chi connectivity index (χ3v) is 3.24. The third kappa shape index (κ3) is 5.22. The Morgan fingerprint density at radius 2 is 2.18 bits per heavy atom. The molecule has 2 nitrogen and oxygen atoms in total. The van der Waals surface area contributed by atoms with E-state index in [0.29, 0.717) is 0 Å². The van der Waals surface area contributed by atoms with Gasteiger partial charge in [0.1, 0.15) is 0 Å². The second kappa shape index (κ2) is 7.33. The van der Waals surface area contributed by atoms with Crippen molar-refractivity contribution in [1.82, 2.24) is 10.2 Å². The summed E-state index contributed by atoms with van der Waals surface area (Å²) in [5.74, 6) is 0.858. The van der Waals surface area contributed by atoms with E-state index in [9.17, 15) is 0 Å². The quantitative estimate of drug-likeness (QED) is 0.736. The zero-order chi connectivity index (χ0) is 12.7. The minimum Gasteiger partial charge on any atom is -0.392 e. The Balaban J connectivity index is 2.60. The summed E-state index contributed by atoms with van der Waals surface area (Å²) in [6.45, 7) is 10.1. The molecule has 1 fully saturated rings. The fraction of sp³-hybridized carbons (Fsp3) is 0.600. The van der Waals surface area contributed by atoms with Gasteiger partial charge in [0.2, 0.25) is 0 Å². The summed E-state index contributed by atoms with van der Waals surface area (Å²) >= 11 is 0. The highest BCUT2D eigenvalue weighted by molar-refractivity contribution is 5.26. The normalized spacial score (nSPS) is 23.6. The molecule has 0 radical (unpaired) electrons. The zero-order valence-electron chi connectivity index (χ0n) is 11.7. The van der Waals surface area contributed by atoms with Gasteiger partial charge in [-0.25, -0.2) is 0 Å². The average Bonchev–Trinajstić information content (AvgIpc) is 2.71. The van der Waals surface area contributed by atoms with Crippen molar-refractivity contribution in [2.24, 2.45) is 5.92 Å². The molecule has 1 heterocycles. The van der Waals surface area contributed by atoms with Crippen LogP contribution in [0.3, 0.4) is 0 Å². The molecule has 1 aliphatic rings. The van der Waals surface area contributed by atoms with Crippen LogP contribution in [0.25, 0.3) is 0 Å². The van der Waals surface area contributed by atoms with Crippen molar-refractivity contribution in [3.05, 3.63) is 35.6 Å². The van der Waals surface area contributed by atoms with Crippen molar-refractivity contribution < 1.29 is 0 Å². The fourth-order valence-corrected chi connectivity index (χ4v) is 2.12. The number of allylic oxidation sites excluding steroid dienone is 4. The van der Waals surface area contributed by atoms with Crippen molar-refractivity contribution in [2.75, 3.05) is 26.7 Å². The summed E-state index contributed by atoms with van der Waals surface area (Å²) in [5.41, 5.74) is 2.58. The van der Waals surface area contributed by atoms with Crippen LogP contribution < -0.4 is 5.32 Å². The van der Waals surface area contributed by atoms with Gasteiger partial charge in [-0.05, 0) is 44.4 Å². The maximum absolute atomic E-state index is 3.14. The summed E-state index contributed by atoms with van der Waals surface area (Å²) in [4.78, 5) is 2.54. The monoisotopic (exact) mass is 234 g/mol. The van der Waals surface area contributed by atoms with E-state index in [0.717, 1.165) is 12.5 Å². The maximum Gasteiger partial charge on any atom is 0.0233 e. The number of nitrogens with zero attached hydrogens (tertiary/aromatic N) is 1. The van der Waals surface area contributed by atoms with Crippen molar-refractivity contribution in [1.29, 1.82) is 0 Å². The Bertz CT molecular complexity index is 313. The van der Waals surface area contributed by atoms with Crippen molar-refractivity contribution in [3.8, 4) is 0 Å². The SMILES string of the molecule is C\C=C/C(=C\C=C(/C)NC)CN1CCC(C)C1. The molecule has 1 N–H and O–H groups in total. The molecule has 0 bridgehead atoms. The van der Waals surface area contributed by atoms with Gasteiger partial charge in [-0.2, -0.15) is 0 Å². The van der Waals surface area contributed by atoms with Crippen LogP contribution >= 0.6 is 0 Å². The van der Waals surface area contributed by atoms with Gasteiger partial charge in [0.05, 0.1) is 0 Å². The lowest BCUT2D eigenvalue weighted by molar-refractivity contribution is 0.358. The highest BCUT2D eigenvalue weighted by Crippen LogP contribution is 2.16. The summed E-state index contributed by atoms with van der Waals surface area (Å²) in [6.07, 6.45) is 10.0. The van der Waals surface area contributed by atoms with Gasteiger partial charge in [0, 0.05) is 25.8 Å². The number of likely N-dealkylation sites (tertiary alicyclic amines) is 1. The molecule has 0 aromatic rings. The topological polar surface area (TPSA) is 15.3 Å². The molecule has 0 amide bonds. The lowest BCUT2D eigenvalue weighted by Crippen LogP contribution is -2.22. The maximum atomic E-state index is 3.14. The van der Waals surface area contributed by atoms with Crippen LogP contribution in [0.15, 0.2) is 35.6 Å². The fourth-order valence-electron chi connectivity index (χ4n) is 2.12. The lowest BCUT2D eigenvalue weighted by atomic mass is 10.2. The molecule has 0 spiro atoms. The number of nitrogens with one attached hydrogen (secondary N) is 1. The first-order valence-corrected chi connectivity index (χ1v) is 6.56. The van der Waals surface area contributed by atoms with Crippen molar-refractivity contribution in [2.45, 2.75) is 27.2 Å². The van der Waals surface area contributed by atoms with E-state index >= 15 is 0 Å². The number of rotatable bonds is 5. The molecule has 1 atom stereocenters. The lowest BCUT2D eigenvalue weighted by Gasteiger charge is -2.15. The average molecular weight is 234 g/mol. The first kappa shape index (κ1) is 14.0. The highest BCUT2D eigenvalue weighted by Gasteiger charge is 2.18. The molecule has 1 unspecified atom stereocenters. The summed E-state index contributed by atoms with van der Waals surface area (Å²) < 4.78 is 0. The third-order valence-electron chi connectivity index (χ3n) is 3.24. The van der Waals surface area contributed by atoms with Gasteiger partial charge in [0.15, 0.2) is 0 Å². The first-order valence-electron chi connectivity index (χ1n) is 6.56. The van der Waals surface area contributed by atoms with E-state index in [1.54, 1.807) is 0 Å². The predicted molar refractivity (Wildman–Crippen MR) is 75.9 cm³/mol. The van der Waals surface area contributed by atoms with E-state index in [1.165, 1.54) is 30.8 Å². The van der Waals surface area contributed by atoms with E-state index in [4.69, 9.17) is 0 Å². The molecule has 0 aliphatic carbocycles. The molecule has 96 valence electrons. The Morgan fingerprint density at radius 3 is 2.71 bits per heavy atom. The molecule has 2 heteroatoms. The van der Waals surface area contributed by atoms with Crippen LogP contribution in [0.5, 0.6) is 0 Å². The molecule has 1 aliphatic heterocycles. The standard InChI is InChI=1S/C15H26N2/c1-5-6-15(8-7-14(3)16-4)12-17-10-9-13(2)11-17/h5-8,13,16H,9-12H2,1-4H3/b6-5-,14-7+,15-8+. The molecule has 1 rings (SSSR count). The Morgan fingerprint density at radius 1 is 1.41 bits per heavy atom. The Kier molecular flexibility index (Phi) is 6.06. The van der Waals surface area contributed by atoms with Gasteiger partial charge in [0.25, 0.3) is 0 Å². The van der Waals surface area contributed by atoms with E-state index < -0.39 is 0 Å². The highest BCUT2D eigenvalue weighted by atomic mass is 15.1. The summed E-state index contributed by atoms with van der Waals surface area (Å²) in [5, 5.41) is 3.14. The second-order valence-corrected chi connectivity index (χ2v) is 4.97. The molecule has 0 aromatic carbocycles. The van der Waals surface area contributed by atoms with Gasteiger partial charge < -0.3 is 5.32 Å². The van der Waals surface area contributed by atoms with Crippen LogP contribution in [0.2, 0.25) is 0 Å². The van der Waals surface area contributed by atoms with Crippen molar-refractivity contribution >= 4 is 0 Å². The Hall–Kier alpha value is -1.02. The molecule has 0 saturated carbocycles. The van der Waals surface area contributed by atoms with Gasteiger partial charge in [-0.3, -0.25) is 4.90 Å². The second-order valence-electron chi connectivity index (χ2n) is 4.97. The summed E-state index contributed by atoms with van der Waals surface area (Å²) in [7, 11) is 1.96. The smallest absolute Gasteiger partial charge is 0.0233 e. The zero-order valence-corrected chi connectivity index (χ0v) is 11.7. The van der Waals surface area contributed by atoms with E-state index in [1.807, 2.05) is 7.05 Å². The molecule has 17 heavy (non-hydrogen) atoms. The molecular formula is C15H26N2. The summed E-state index contributed by atoms with van der Waals surface area (Å²) in [6, 6.07) is 0. The minimum atomic E-state index is 0.858. The van der Waals surface area contributed by atoms with Crippen LogP contribution in [-0.2, 0) is 0 Å². The predicted octanol–water partition coefficient (Wildman–Crippen LogP) is 2.95. The largest absolute Gasteiger partial charge is 0.392 e. The van der Waals surface area contributed by atoms with Crippen LogP contribution in [-0.4, -0.2) is 31.6 Å². The Labute approximate surface area is 106 Å². The molecule has 1 saturated heterocycles. The van der Waals surface area contributed by atoms with Gasteiger partial charge >= 0.3 is 0 Å². The molecular weight excluding hydrogens is 208 g/mol. The van der Waals surface area contributed by atoms with Crippen LogP contribution in [0.1, 0.15) is 27.2 Å². The van der Waals surface area contributed by atoms with Gasteiger partial charge in [-0.15, -0.1) is 0 Å². The molecule has 0 aromatic heterocycles. The number of hydrogen-bond acceptors (Lipinski definition) is 2. The minimum absolute atomic E-state index is 0.858. The van der Waals surface area contributed by atoms with Crippen molar-refractivity contribution in [3.63, 3.8) is 0 Å². The van der Waals surface area contributed by atoms with E-state index in [-0.39, 0.29) is 0 Å².